The summed E-state index contributed by atoms with van der Waals surface area (Å²) >= 11 is 1.78. The van der Waals surface area contributed by atoms with Gasteiger partial charge in [-0.15, -0.1) is 11.3 Å². The predicted molar refractivity (Wildman–Crippen MR) is 69.0 cm³/mol. The highest BCUT2D eigenvalue weighted by atomic mass is 32.1. The maximum absolute atomic E-state index is 4.33. The first-order chi connectivity index (χ1) is 7.75. The molecule has 0 bridgehead atoms. The van der Waals surface area contributed by atoms with Crippen LogP contribution in [0.25, 0.3) is 0 Å². The molecule has 0 spiro atoms. The van der Waals surface area contributed by atoms with Gasteiger partial charge in [-0.2, -0.15) is 0 Å². The van der Waals surface area contributed by atoms with Crippen LogP contribution < -0.4 is 5.32 Å². The van der Waals surface area contributed by atoms with Gasteiger partial charge in [0.05, 0.1) is 6.54 Å². The minimum absolute atomic E-state index is 0.631. The fourth-order valence-corrected chi connectivity index (χ4v) is 2.17. The summed E-state index contributed by atoms with van der Waals surface area (Å²) in [4.78, 5) is 5.68. The molecule has 0 saturated carbocycles. The topological polar surface area (TPSA) is 29.9 Å². The number of hydrogen-bond acceptors (Lipinski definition) is 3. The number of nitrogens with zero attached hydrogens (tertiary/aromatic N) is 2. The number of hydrogen-bond donors (Lipinski definition) is 1. The SMILES string of the molecule is CC(C)CNc1nccn1Cc1cccs1. The molecule has 0 radical (unpaired) electrons. The lowest BCUT2D eigenvalue weighted by Gasteiger charge is -2.10. The molecule has 2 aromatic rings. The monoisotopic (exact) mass is 235 g/mol. The molecule has 0 aromatic carbocycles. The third-order valence-corrected chi connectivity index (χ3v) is 3.15. The van der Waals surface area contributed by atoms with Crippen molar-refractivity contribution in [2.75, 3.05) is 11.9 Å². The Morgan fingerprint density at radius 2 is 2.38 bits per heavy atom. The van der Waals surface area contributed by atoms with Crippen molar-refractivity contribution in [2.24, 2.45) is 5.92 Å². The summed E-state index contributed by atoms with van der Waals surface area (Å²) in [6.45, 7) is 6.25. The number of thiophene rings is 1. The van der Waals surface area contributed by atoms with Crippen molar-refractivity contribution >= 4 is 17.3 Å². The summed E-state index contributed by atoms with van der Waals surface area (Å²) in [6.07, 6.45) is 3.86. The van der Waals surface area contributed by atoms with Gasteiger partial charge in [0.2, 0.25) is 5.95 Å². The molecule has 0 aliphatic rings. The first kappa shape index (κ1) is 11.2. The summed E-state index contributed by atoms with van der Waals surface area (Å²) in [5.41, 5.74) is 0. The van der Waals surface area contributed by atoms with E-state index in [9.17, 15) is 0 Å². The van der Waals surface area contributed by atoms with Crippen molar-refractivity contribution in [1.29, 1.82) is 0 Å². The van der Waals surface area contributed by atoms with Crippen LogP contribution in [-0.4, -0.2) is 16.1 Å². The van der Waals surface area contributed by atoms with Crippen molar-refractivity contribution in [1.82, 2.24) is 9.55 Å². The molecule has 0 saturated heterocycles. The van der Waals surface area contributed by atoms with Crippen molar-refractivity contribution in [3.05, 3.63) is 34.8 Å². The molecule has 4 heteroatoms. The highest BCUT2D eigenvalue weighted by Crippen LogP contribution is 2.14. The van der Waals surface area contributed by atoms with Crippen LogP contribution in [-0.2, 0) is 6.54 Å². The Hall–Kier alpha value is -1.29. The predicted octanol–water partition coefficient (Wildman–Crippen LogP) is 3.06. The fourth-order valence-electron chi connectivity index (χ4n) is 1.47. The maximum atomic E-state index is 4.33. The molecule has 0 aliphatic heterocycles. The minimum Gasteiger partial charge on any atom is -0.355 e. The molecule has 0 aliphatic carbocycles. The van der Waals surface area contributed by atoms with Crippen LogP contribution in [0.5, 0.6) is 0 Å². The average Bonchev–Trinajstić information content (AvgIpc) is 2.87. The molecular formula is C12H17N3S. The largest absolute Gasteiger partial charge is 0.355 e. The average molecular weight is 235 g/mol. The van der Waals surface area contributed by atoms with Gasteiger partial charge in [-0.3, -0.25) is 0 Å². The van der Waals surface area contributed by atoms with Gasteiger partial charge in [-0.05, 0) is 17.4 Å². The Kier molecular flexibility index (Phi) is 3.62. The standard InChI is InChI=1S/C12H17N3S/c1-10(2)8-14-12-13-5-6-15(12)9-11-4-3-7-16-11/h3-7,10H,8-9H2,1-2H3,(H,13,14). The van der Waals surface area contributed by atoms with E-state index in [-0.39, 0.29) is 0 Å². The summed E-state index contributed by atoms with van der Waals surface area (Å²) in [7, 11) is 0. The number of aromatic nitrogens is 2. The molecule has 16 heavy (non-hydrogen) atoms. The van der Waals surface area contributed by atoms with Crippen molar-refractivity contribution in [2.45, 2.75) is 20.4 Å². The van der Waals surface area contributed by atoms with E-state index >= 15 is 0 Å². The lowest BCUT2D eigenvalue weighted by atomic mass is 10.2. The molecule has 2 rings (SSSR count). The second kappa shape index (κ2) is 5.16. The minimum atomic E-state index is 0.631. The van der Waals surface area contributed by atoms with Crippen molar-refractivity contribution < 1.29 is 0 Å². The van der Waals surface area contributed by atoms with Crippen molar-refractivity contribution in [3.63, 3.8) is 0 Å². The Bertz CT molecular complexity index is 417. The lowest BCUT2D eigenvalue weighted by Crippen LogP contribution is -2.12. The highest BCUT2D eigenvalue weighted by Gasteiger charge is 2.04. The molecule has 2 aromatic heterocycles. The van der Waals surface area contributed by atoms with Crippen LogP contribution in [0.15, 0.2) is 29.9 Å². The number of nitrogens with one attached hydrogen (secondary N) is 1. The van der Waals surface area contributed by atoms with Gasteiger partial charge < -0.3 is 9.88 Å². The molecule has 0 amide bonds. The Balaban J connectivity index is 2.01. The first-order valence-corrected chi connectivity index (χ1v) is 6.41. The van der Waals surface area contributed by atoms with E-state index in [1.807, 2.05) is 12.4 Å². The van der Waals surface area contributed by atoms with Gasteiger partial charge in [0.15, 0.2) is 0 Å². The second-order valence-corrected chi connectivity index (χ2v) is 5.27. The Morgan fingerprint density at radius 3 is 3.06 bits per heavy atom. The zero-order valence-corrected chi connectivity index (χ0v) is 10.5. The van der Waals surface area contributed by atoms with E-state index in [1.54, 1.807) is 11.3 Å². The summed E-state index contributed by atoms with van der Waals surface area (Å²) < 4.78 is 2.15. The van der Waals surface area contributed by atoms with E-state index in [0.29, 0.717) is 5.92 Å². The Labute approximate surface area is 100 Å². The second-order valence-electron chi connectivity index (χ2n) is 4.23. The molecule has 2 heterocycles. The van der Waals surface area contributed by atoms with Gasteiger partial charge in [0.25, 0.3) is 0 Å². The zero-order valence-electron chi connectivity index (χ0n) is 9.68. The summed E-state index contributed by atoms with van der Waals surface area (Å²) in [5, 5.41) is 5.47. The third-order valence-electron chi connectivity index (χ3n) is 2.29. The zero-order chi connectivity index (χ0) is 11.4. The third kappa shape index (κ3) is 2.85. The van der Waals surface area contributed by atoms with E-state index in [2.05, 4.69) is 46.2 Å². The Morgan fingerprint density at radius 1 is 1.50 bits per heavy atom. The van der Waals surface area contributed by atoms with Crippen LogP contribution in [0.1, 0.15) is 18.7 Å². The van der Waals surface area contributed by atoms with Crippen LogP contribution in [0.2, 0.25) is 0 Å². The van der Waals surface area contributed by atoms with E-state index < -0.39 is 0 Å². The molecular weight excluding hydrogens is 218 g/mol. The summed E-state index contributed by atoms with van der Waals surface area (Å²) in [5.74, 6) is 1.59. The van der Waals surface area contributed by atoms with E-state index in [4.69, 9.17) is 0 Å². The van der Waals surface area contributed by atoms with Gasteiger partial charge in [0, 0.05) is 23.8 Å². The van der Waals surface area contributed by atoms with Crippen LogP contribution in [0, 0.1) is 5.92 Å². The smallest absolute Gasteiger partial charge is 0.203 e. The first-order valence-electron chi connectivity index (χ1n) is 5.53. The number of imidazole rings is 1. The van der Waals surface area contributed by atoms with E-state index in [1.165, 1.54) is 4.88 Å². The lowest BCUT2D eigenvalue weighted by molar-refractivity contribution is 0.677. The van der Waals surface area contributed by atoms with Crippen LogP contribution >= 0.6 is 11.3 Å². The van der Waals surface area contributed by atoms with Gasteiger partial charge >= 0.3 is 0 Å². The van der Waals surface area contributed by atoms with Crippen LogP contribution in [0.3, 0.4) is 0 Å². The van der Waals surface area contributed by atoms with Crippen molar-refractivity contribution in [3.8, 4) is 0 Å². The van der Waals surface area contributed by atoms with Gasteiger partial charge in [-0.1, -0.05) is 19.9 Å². The molecule has 86 valence electrons. The molecule has 3 nitrogen and oxygen atoms in total. The van der Waals surface area contributed by atoms with Gasteiger partial charge in [0.1, 0.15) is 0 Å². The highest BCUT2D eigenvalue weighted by molar-refractivity contribution is 7.09. The van der Waals surface area contributed by atoms with Gasteiger partial charge in [-0.25, -0.2) is 4.98 Å². The summed E-state index contributed by atoms with van der Waals surface area (Å²) in [6, 6.07) is 4.23. The molecule has 0 unspecified atom stereocenters. The van der Waals surface area contributed by atoms with E-state index in [0.717, 1.165) is 19.0 Å². The molecule has 0 fully saturated rings. The number of anilines is 1. The fraction of sp³-hybridized carbons (Fsp3) is 0.417. The maximum Gasteiger partial charge on any atom is 0.203 e. The molecule has 1 N–H and O–H groups in total. The number of rotatable bonds is 5. The quantitative estimate of drug-likeness (QED) is 0.863. The molecule has 0 atom stereocenters. The van der Waals surface area contributed by atoms with Crippen LogP contribution in [0.4, 0.5) is 5.95 Å². The normalized spacial score (nSPS) is 10.9.